The van der Waals surface area contributed by atoms with Crippen molar-refractivity contribution in [2.24, 2.45) is 0 Å². The summed E-state index contributed by atoms with van der Waals surface area (Å²) in [4.78, 5) is 27.7. The Morgan fingerprint density at radius 1 is 1.00 bits per heavy atom. The summed E-state index contributed by atoms with van der Waals surface area (Å²) < 4.78 is 26.9. The van der Waals surface area contributed by atoms with Crippen molar-refractivity contribution in [3.8, 4) is 0 Å². The number of aryl methyl sites for hydroxylation is 1. The number of hydrogen-bond acceptors (Lipinski definition) is 4. The molecule has 0 aliphatic carbocycles. The normalized spacial score (nSPS) is 12.6. The number of amides is 2. The van der Waals surface area contributed by atoms with Crippen LogP contribution in [0.25, 0.3) is 0 Å². The maximum atomic E-state index is 13.3. The number of sulfonamides is 1. The summed E-state index contributed by atoms with van der Waals surface area (Å²) in [6, 6.07) is 15.1. The van der Waals surface area contributed by atoms with Gasteiger partial charge in [0.15, 0.2) is 0 Å². The smallest absolute Gasteiger partial charge is 0.243 e. The number of carbonyl (C=O) groups is 2. The van der Waals surface area contributed by atoms with E-state index in [0.29, 0.717) is 6.42 Å². The topological polar surface area (TPSA) is 86.8 Å². The first-order valence-electron chi connectivity index (χ1n) is 10.7. The molecule has 0 aliphatic rings. The van der Waals surface area contributed by atoms with Gasteiger partial charge in [-0.25, -0.2) is 8.42 Å². The van der Waals surface area contributed by atoms with E-state index in [1.165, 1.54) is 24.1 Å². The molecule has 0 spiro atoms. The molecule has 7 nitrogen and oxygen atoms in total. The Morgan fingerprint density at radius 2 is 1.59 bits per heavy atom. The molecule has 0 fully saturated rings. The van der Waals surface area contributed by atoms with Crippen LogP contribution in [0.2, 0.25) is 0 Å². The molecule has 8 heteroatoms. The number of rotatable bonds is 10. The largest absolute Gasteiger partial charge is 0.352 e. The predicted octanol–water partition coefficient (Wildman–Crippen LogP) is 2.95. The maximum absolute atomic E-state index is 13.3. The lowest BCUT2D eigenvalue weighted by molar-refractivity contribution is -0.141. The molecular formula is C24H33N3O4S. The summed E-state index contributed by atoms with van der Waals surface area (Å²) >= 11 is 0. The lowest BCUT2D eigenvalue weighted by atomic mass is 10.1. The van der Waals surface area contributed by atoms with Gasteiger partial charge in [-0.15, -0.1) is 0 Å². The van der Waals surface area contributed by atoms with E-state index < -0.39 is 22.0 Å². The van der Waals surface area contributed by atoms with Crippen LogP contribution in [0.5, 0.6) is 0 Å². The first kappa shape index (κ1) is 25.5. The third kappa shape index (κ3) is 6.64. The van der Waals surface area contributed by atoms with Crippen LogP contribution in [-0.2, 0) is 26.2 Å². The number of carbonyl (C=O) groups excluding carboxylic acids is 2. The molecule has 2 aromatic carbocycles. The fraction of sp³-hybridized carbons (Fsp3) is 0.417. The SMILES string of the molecule is CC[C@H](C(=O)NC(C)C)N(Cc1ccccc1)C(=O)CN(C)S(=O)(=O)c1ccc(C)cc1. The molecule has 0 radical (unpaired) electrons. The third-order valence-corrected chi connectivity index (χ3v) is 6.92. The van der Waals surface area contributed by atoms with Crippen LogP contribution in [0.15, 0.2) is 59.5 Å². The average molecular weight is 460 g/mol. The quantitative estimate of drug-likeness (QED) is 0.592. The van der Waals surface area contributed by atoms with E-state index in [2.05, 4.69) is 5.32 Å². The van der Waals surface area contributed by atoms with Gasteiger partial charge in [0.05, 0.1) is 11.4 Å². The van der Waals surface area contributed by atoms with E-state index in [9.17, 15) is 18.0 Å². The fourth-order valence-corrected chi connectivity index (χ4v) is 4.46. The van der Waals surface area contributed by atoms with Crippen molar-refractivity contribution in [3.63, 3.8) is 0 Å². The first-order chi connectivity index (χ1) is 15.1. The molecule has 0 aromatic heterocycles. The maximum Gasteiger partial charge on any atom is 0.243 e. The molecule has 0 aliphatic heterocycles. The summed E-state index contributed by atoms with van der Waals surface area (Å²) in [7, 11) is -2.47. The Hall–Kier alpha value is -2.71. The van der Waals surface area contributed by atoms with E-state index in [-0.39, 0.29) is 29.9 Å². The highest BCUT2D eigenvalue weighted by molar-refractivity contribution is 7.89. The molecule has 1 N–H and O–H groups in total. The minimum Gasteiger partial charge on any atom is -0.352 e. The molecule has 0 unspecified atom stereocenters. The standard InChI is InChI=1S/C24H33N3O4S/c1-6-22(24(29)25-18(2)3)27(16-20-10-8-7-9-11-20)23(28)17-26(5)32(30,31)21-14-12-19(4)13-15-21/h7-15,18,22H,6,16-17H2,1-5H3,(H,25,29)/t22-/m1/s1. The van der Waals surface area contributed by atoms with Crippen molar-refractivity contribution >= 4 is 21.8 Å². The van der Waals surface area contributed by atoms with Crippen LogP contribution in [0.4, 0.5) is 0 Å². The van der Waals surface area contributed by atoms with E-state index >= 15 is 0 Å². The Kier molecular flexibility index (Phi) is 8.98. The molecule has 2 amide bonds. The van der Waals surface area contributed by atoms with E-state index in [1.54, 1.807) is 12.1 Å². The highest BCUT2D eigenvalue weighted by atomic mass is 32.2. The van der Waals surface area contributed by atoms with Gasteiger partial charge >= 0.3 is 0 Å². The van der Waals surface area contributed by atoms with Crippen LogP contribution in [0.1, 0.15) is 38.3 Å². The molecule has 32 heavy (non-hydrogen) atoms. The highest BCUT2D eigenvalue weighted by Gasteiger charge is 2.31. The second-order valence-corrected chi connectivity index (χ2v) is 10.2. The number of nitrogens with one attached hydrogen (secondary N) is 1. The number of likely N-dealkylation sites (N-methyl/N-ethyl adjacent to an activating group) is 1. The van der Waals surface area contributed by atoms with Gasteiger partial charge in [0, 0.05) is 19.6 Å². The van der Waals surface area contributed by atoms with Gasteiger partial charge in [-0.1, -0.05) is 55.0 Å². The number of benzene rings is 2. The van der Waals surface area contributed by atoms with Crippen molar-refractivity contribution in [2.75, 3.05) is 13.6 Å². The number of nitrogens with zero attached hydrogens (tertiary/aromatic N) is 2. The van der Waals surface area contributed by atoms with Gasteiger partial charge < -0.3 is 10.2 Å². The zero-order chi connectivity index (χ0) is 23.9. The van der Waals surface area contributed by atoms with E-state index in [4.69, 9.17) is 0 Å². The summed E-state index contributed by atoms with van der Waals surface area (Å²) in [5.41, 5.74) is 1.80. The van der Waals surface area contributed by atoms with Crippen molar-refractivity contribution in [3.05, 3.63) is 65.7 Å². The second kappa shape index (κ2) is 11.2. The highest BCUT2D eigenvalue weighted by Crippen LogP contribution is 2.17. The minimum atomic E-state index is -3.84. The summed E-state index contributed by atoms with van der Waals surface area (Å²) in [6.45, 7) is 7.27. The molecular weight excluding hydrogens is 426 g/mol. The molecule has 0 saturated carbocycles. The van der Waals surface area contributed by atoms with E-state index in [0.717, 1.165) is 15.4 Å². The molecule has 2 rings (SSSR count). The van der Waals surface area contributed by atoms with Crippen LogP contribution in [0, 0.1) is 6.92 Å². The molecule has 174 valence electrons. The van der Waals surface area contributed by atoms with Crippen molar-refractivity contribution < 1.29 is 18.0 Å². The van der Waals surface area contributed by atoms with Crippen LogP contribution < -0.4 is 5.32 Å². The second-order valence-electron chi connectivity index (χ2n) is 8.17. The van der Waals surface area contributed by atoms with Crippen molar-refractivity contribution in [1.29, 1.82) is 0 Å². The Bertz CT molecular complexity index is 1010. The summed E-state index contributed by atoms with van der Waals surface area (Å²) in [5, 5.41) is 2.86. The fourth-order valence-electron chi connectivity index (χ4n) is 3.34. The minimum absolute atomic E-state index is 0.0742. The Morgan fingerprint density at radius 3 is 2.12 bits per heavy atom. The molecule has 0 saturated heterocycles. The predicted molar refractivity (Wildman–Crippen MR) is 125 cm³/mol. The average Bonchev–Trinajstić information content (AvgIpc) is 2.74. The lowest BCUT2D eigenvalue weighted by Crippen LogP contribution is -2.52. The monoisotopic (exact) mass is 459 g/mol. The van der Waals surface area contributed by atoms with Crippen molar-refractivity contribution in [2.45, 2.75) is 57.6 Å². The van der Waals surface area contributed by atoms with Gasteiger partial charge in [-0.3, -0.25) is 9.59 Å². The van der Waals surface area contributed by atoms with Gasteiger partial charge in [-0.05, 0) is 44.9 Å². The van der Waals surface area contributed by atoms with Crippen LogP contribution in [0.3, 0.4) is 0 Å². The summed E-state index contributed by atoms with van der Waals surface area (Å²) in [6.07, 6.45) is 0.408. The molecule has 0 bridgehead atoms. The van der Waals surface area contributed by atoms with Crippen molar-refractivity contribution in [1.82, 2.24) is 14.5 Å². The van der Waals surface area contributed by atoms with Gasteiger partial charge in [0.2, 0.25) is 21.8 Å². The number of hydrogen-bond donors (Lipinski definition) is 1. The Labute approximate surface area is 191 Å². The van der Waals surface area contributed by atoms with Crippen LogP contribution in [-0.4, -0.2) is 55.1 Å². The summed E-state index contributed by atoms with van der Waals surface area (Å²) in [5.74, 6) is -0.686. The van der Waals surface area contributed by atoms with Gasteiger partial charge in [0.1, 0.15) is 6.04 Å². The zero-order valence-corrected chi connectivity index (χ0v) is 20.2. The van der Waals surface area contributed by atoms with Crippen LogP contribution >= 0.6 is 0 Å². The van der Waals surface area contributed by atoms with Gasteiger partial charge in [0.25, 0.3) is 0 Å². The van der Waals surface area contributed by atoms with E-state index in [1.807, 2.05) is 58.0 Å². The van der Waals surface area contributed by atoms with Gasteiger partial charge in [-0.2, -0.15) is 4.31 Å². The lowest BCUT2D eigenvalue weighted by Gasteiger charge is -2.32. The first-order valence-corrected chi connectivity index (χ1v) is 12.2. The zero-order valence-electron chi connectivity index (χ0n) is 19.4. The molecule has 2 aromatic rings. The molecule has 0 heterocycles. The molecule has 1 atom stereocenters. The third-order valence-electron chi connectivity index (χ3n) is 5.10. The Balaban J connectivity index is 2.29.